The van der Waals surface area contributed by atoms with Gasteiger partial charge in [0.05, 0.1) is 0 Å². The summed E-state index contributed by atoms with van der Waals surface area (Å²) in [7, 11) is 0. The zero-order chi connectivity index (χ0) is 9.30. The molecule has 0 bridgehead atoms. The van der Waals surface area contributed by atoms with Crippen molar-refractivity contribution in [1.29, 1.82) is 0 Å². The number of nitrogens with zero attached hydrogens (tertiary/aromatic N) is 1. The Hall–Kier alpha value is -1.30. The average molecular weight is 174 g/mol. The van der Waals surface area contributed by atoms with Crippen LogP contribution in [-0.2, 0) is 4.79 Å². The number of carbonyl (C=O) groups is 2. The fraction of sp³-hybridized carbons (Fsp3) is 0.667. The van der Waals surface area contributed by atoms with Crippen molar-refractivity contribution >= 4 is 12.1 Å². The Morgan fingerprint density at radius 3 is 2.33 bits per heavy atom. The van der Waals surface area contributed by atoms with Crippen LogP contribution in [0.4, 0.5) is 4.79 Å². The minimum atomic E-state index is -1.23. The van der Waals surface area contributed by atoms with E-state index in [1.807, 2.05) is 0 Å². The van der Waals surface area contributed by atoms with Gasteiger partial charge in [-0.1, -0.05) is 0 Å². The molecule has 2 atom stereocenters. The molecule has 0 aromatic carbocycles. The second-order valence-electron chi connectivity index (χ2n) is 2.78. The molecule has 1 saturated heterocycles. The van der Waals surface area contributed by atoms with Gasteiger partial charge in [-0.25, -0.2) is 9.59 Å². The molecule has 0 aliphatic carbocycles. The third kappa shape index (κ3) is 1.48. The number of aliphatic carboxylic acids is 1. The van der Waals surface area contributed by atoms with Crippen LogP contribution in [0.1, 0.15) is 6.42 Å². The topological polar surface area (TPSA) is 104 Å². The molecular weight excluding hydrogens is 164 g/mol. The van der Waals surface area contributed by atoms with E-state index in [-0.39, 0.29) is 19.0 Å². The summed E-state index contributed by atoms with van der Waals surface area (Å²) < 4.78 is 0. The van der Waals surface area contributed by atoms with Crippen LogP contribution in [-0.4, -0.2) is 45.8 Å². The smallest absolute Gasteiger partial charge is 0.408 e. The van der Waals surface area contributed by atoms with E-state index >= 15 is 0 Å². The molecule has 6 heteroatoms. The number of hydrogen-bond donors (Lipinski definition) is 3. The molecule has 1 heterocycles. The van der Waals surface area contributed by atoms with Crippen molar-refractivity contribution in [2.45, 2.75) is 18.5 Å². The zero-order valence-electron chi connectivity index (χ0n) is 6.30. The summed E-state index contributed by atoms with van der Waals surface area (Å²) in [5, 5.41) is 17.1. The molecule has 0 unspecified atom stereocenters. The van der Waals surface area contributed by atoms with Crippen LogP contribution < -0.4 is 5.73 Å². The van der Waals surface area contributed by atoms with E-state index < -0.39 is 18.1 Å². The highest BCUT2D eigenvalue weighted by atomic mass is 16.4. The number of amides is 1. The van der Waals surface area contributed by atoms with Gasteiger partial charge in [-0.05, 0) is 6.42 Å². The van der Waals surface area contributed by atoms with Crippen LogP contribution in [0, 0.1) is 0 Å². The monoisotopic (exact) mass is 174 g/mol. The van der Waals surface area contributed by atoms with E-state index in [0.29, 0.717) is 0 Å². The van der Waals surface area contributed by atoms with Gasteiger partial charge in [0, 0.05) is 12.6 Å². The molecule has 0 radical (unpaired) electrons. The largest absolute Gasteiger partial charge is 0.480 e. The second kappa shape index (κ2) is 2.98. The van der Waals surface area contributed by atoms with Gasteiger partial charge in [-0.3, -0.25) is 4.90 Å². The van der Waals surface area contributed by atoms with Gasteiger partial charge in [0.2, 0.25) is 0 Å². The van der Waals surface area contributed by atoms with E-state index in [2.05, 4.69) is 0 Å². The quantitative estimate of drug-likeness (QED) is 0.480. The molecule has 12 heavy (non-hydrogen) atoms. The van der Waals surface area contributed by atoms with Crippen LogP contribution in [0.3, 0.4) is 0 Å². The lowest BCUT2D eigenvalue weighted by molar-refractivity contribution is -0.141. The van der Waals surface area contributed by atoms with Gasteiger partial charge in [-0.2, -0.15) is 0 Å². The fourth-order valence-electron chi connectivity index (χ4n) is 1.31. The highest BCUT2D eigenvalue weighted by Crippen LogP contribution is 2.16. The maximum absolute atomic E-state index is 10.5. The van der Waals surface area contributed by atoms with Gasteiger partial charge in [0.1, 0.15) is 6.04 Å². The van der Waals surface area contributed by atoms with Crippen molar-refractivity contribution in [2.75, 3.05) is 6.54 Å². The highest BCUT2D eigenvalue weighted by Gasteiger charge is 2.38. The highest BCUT2D eigenvalue weighted by molar-refractivity contribution is 5.80. The minimum absolute atomic E-state index is 0.103. The molecular formula is C6H10N2O4. The lowest BCUT2D eigenvalue weighted by Gasteiger charge is -2.16. The minimum Gasteiger partial charge on any atom is -0.480 e. The zero-order valence-corrected chi connectivity index (χ0v) is 6.30. The molecule has 0 spiro atoms. The van der Waals surface area contributed by atoms with Crippen molar-refractivity contribution in [3.8, 4) is 0 Å². The third-order valence-electron chi connectivity index (χ3n) is 1.86. The SMILES string of the molecule is N[C@H]1C[C@H](C(=O)O)N(C(=O)O)C1. The maximum Gasteiger partial charge on any atom is 0.408 e. The molecule has 1 rings (SSSR count). The Labute approximate surface area is 68.6 Å². The predicted octanol–water partition coefficient (Wildman–Crippen LogP) is -0.849. The summed E-state index contributed by atoms with van der Waals surface area (Å²) in [5.41, 5.74) is 5.42. The summed E-state index contributed by atoms with van der Waals surface area (Å²) in [6.45, 7) is 0.103. The first-order valence-corrected chi connectivity index (χ1v) is 3.50. The Kier molecular flexibility index (Phi) is 2.18. The van der Waals surface area contributed by atoms with Crippen LogP contribution >= 0.6 is 0 Å². The number of carboxylic acid groups (broad SMARTS) is 2. The van der Waals surface area contributed by atoms with E-state index in [1.54, 1.807) is 0 Å². The van der Waals surface area contributed by atoms with E-state index in [9.17, 15) is 9.59 Å². The van der Waals surface area contributed by atoms with E-state index in [1.165, 1.54) is 0 Å². The lowest BCUT2D eigenvalue weighted by atomic mass is 10.2. The molecule has 1 aliphatic heterocycles. The fourth-order valence-corrected chi connectivity index (χ4v) is 1.31. The van der Waals surface area contributed by atoms with Crippen LogP contribution in [0.25, 0.3) is 0 Å². The van der Waals surface area contributed by atoms with Crippen molar-refractivity contribution < 1.29 is 19.8 Å². The standard InChI is InChI=1S/C6H10N2O4/c7-3-1-4(5(9)10)8(2-3)6(11)12/h3-4H,1-2,7H2,(H,9,10)(H,11,12)/t3-,4+/m0/s1. The summed E-state index contributed by atoms with van der Waals surface area (Å²) in [6.07, 6.45) is -1.03. The number of carboxylic acids is 1. The molecule has 0 aromatic rings. The normalized spacial score (nSPS) is 28.9. The number of likely N-dealkylation sites (tertiary alicyclic amines) is 1. The lowest BCUT2D eigenvalue weighted by Crippen LogP contribution is -2.39. The first-order valence-electron chi connectivity index (χ1n) is 3.50. The predicted molar refractivity (Wildman–Crippen MR) is 38.7 cm³/mol. The first-order chi connectivity index (χ1) is 5.52. The van der Waals surface area contributed by atoms with Gasteiger partial charge in [-0.15, -0.1) is 0 Å². The molecule has 68 valence electrons. The third-order valence-corrected chi connectivity index (χ3v) is 1.86. The molecule has 1 aliphatic rings. The Morgan fingerprint density at radius 1 is 1.42 bits per heavy atom. The van der Waals surface area contributed by atoms with Crippen molar-refractivity contribution in [1.82, 2.24) is 4.90 Å². The van der Waals surface area contributed by atoms with Crippen LogP contribution in [0.15, 0.2) is 0 Å². The number of rotatable bonds is 1. The molecule has 4 N–H and O–H groups in total. The summed E-state index contributed by atoms with van der Waals surface area (Å²) in [5.74, 6) is -1.13. The average Bonchev–Trinajstić information content (AvgIpc) is 2.31. The second-order valence-corrected chi connectivity index (χ2v) is 2.78. The van der Waals surface area contributed by atoms with Gasteiger partial charge in [0.15, 0.2) is 0 Å². The molecule has 1 fully saturated rings. The maximum atomic E-state index is 10.5. The van der Waals surface area contributed by atoms with Crippen molar-refractivity contribution in [3.05, 3.63) is 0 Å². The number of hydrogen-bond acceptors (Lipinski definition) is 3. The Balaban J connectivity index is 2.72. The first kappa shape index (κ1) is 8.79. The Bertz CT molecular complexity index is 196. The molecule has 1 amide bonds. The Morgan fingerprint density at radius 2 is 2.00 bits per heavy atom. The van der Waals surface area contributed by atoms with Crippen molar-refractivity contribution in [3.63, 3.8) is 0 Å². The van der Waals surface area contributed by atoms with Crippen LogP contribution in [0.2, 0.25) is 0 Å². The summed E-state index contributed by atoms with van der Waals surface area (Å²) in [6, 6.07) is -1.33. The van der Waals surface area contributed by atoms with Gasteiger partial charge < -0.3 is 15.9 Å². The van der Waals surface area contributed by atoms with Gasteiger partial charge in [0.25, 0.3) is 0 Å². The molecule has 0 saturated carbocycles. The molecule has 0 aromatic heterocycles. The van der Waals surface area contributed by atoms with E-state index in [0.717, 1.165) is 4.90 Å². The number of nitrogens with two attached hydrogens (primary N) is 1. The van der Waals surface area contributed by atoms with Crippen molar-refractivity contribution in [2.24, 2.45) is 5.73 Å². The van der Waals surface area contributed by atoms with Crippen LogP contribution in [0.5, 0.6) is 0 Å². The summed E-state index contributed by atoms with van der Waals surface area (Å²) >= 11 is 0. The van der Waals surface area contributed by atoms with E-state index in [4.69, 9.17) is 15.9 Å². The molecule has 6 nitrogen and oxygen atoms in total. The van der Waals surface area contributed by atoms with Gasteiger partial charge >= 0.3 is 12.1 Å². The summed E-state index contributed by atoms with van der Waals surface area (Å²) in [4.78, 5) is 21.8.